The van der Waals surface area contributed by atoms with Crippen molar-refractivity contribution in [2.45, 2.75) is 57.9 Å². The zero-order chi connectivity index (χ0) is 26.3. The predicted octanol–water partition coefficient (Wildman–Crippen LogP) is 6.77. The molecule has 1 unspecified atom stereocenters. The Morgan fingerprint density at radius 2 is 1.76 bits per heavy atom. The van der Waals surface area contributed by atoms with Crippen LogP contribution in [0.4, 0.5) is 5.69 Å². The van der Waals surface area contributed by atoms with E-state index in [1.807, 2.05) is 35.2 Å². The highest BCUT2D eigenvalue weighted by Gasteiger charge is 2.34. The van der Waals surface area contributed by atoms with E-state index in [4.69, 9.17) is 14.5 Å². The first-order chi connectivity index (χ1) is 18.7. The lowest BCUT2D eigenvalue weighted by atomic mass is 10.1. The van der Waals surface area contributed by atoms with Crippen molar-refractivity contribution >= 4 is 22.6 Å². The van der Waals surface area contributed by atoms with Crippen LogP contribution in [0.3, 0.4) is 0 Å². The molecule has 198 valence electrons. The highest BCUT2D eigenvalue weighted by Crippen LogP contribution is 2.33. The van der Waals surface area contributed by atoms with Crippen LogP contribution < -0.4 is 14.4 Å². The zero-order valence-electron chi connectivity index (χ0n) is 22.4. The molecule has 1 saturated heterocycles. The molecule has 6 heteroatoms. The Bertz CT molecular complexity index is 1360. The number of ether oxygens (including phenoxy) is 2. The maximum atomic E-state index is 13.1. The van der Waals surface area contributed by atoms with Gasteiger partial charge < -0.3 is 18.9 Å². The van der Waals surface area contributed by atoms with E-state index in [1.54, 1.807) is 7.11 Å². The second kappa shape index (κ2) is 12.2. The van der Waals surface area contributed by atoms with Crippen molar-refractivity contribution in [2.75, 3.05) is 25.2 Å². The largest absolute Gasteiger partial charge is 0.497 e. The molecule has 1 aliphatic rings. The van der Waals surface area contributed by atoms with Crippen molar-refractivity contribution in [1.29, 1.82) is 0 Å². The number of fused-ring (bicyclic) bond motifs is 1. The number of aromatic nitrogens is 2. The van der Waals surface area contributed by atoms with Gasteiger partial charge in [0.2, 0.25) is 5.91 Å². The van der Waals surface area contributed by atoms with Gasteiger partial charge in [-0.05, 0) is 67.6 Å². The van der Waals surface area contributed by atoms with Crippen LogP contribution >= 0.6 is 0 Å². The average molecular weight is 512 g/mol. The van der Waals surface area contributed by atoms with Crippen LogP contribution in [0.5, 0.6) is 11.5 Å². The molecule has 0 saturated carbocycles. The van der Waals surface area contributed by atoms with E-state index in [2.05, 4.69) is 54.0 Å². The minimum atomic E-state index is 0.0719. The molecule has 6 nitrogen and oxygen atoms in total. The van der Waals surface area contributed by atoms with Crippen LogP contribution in [0.15, 0.2) is 72.8 Å². The van der Waals surface area contributed by atoms with E-state index in [-0.39, 0.29) is 11.8 Å². The monoisotopic (exact) mass is 511 g/mol. The van der Waals surface area contributed by atoms with Gasteiger partial charge in [0.1, 0.15) is 17.3 Å². The Balaban J connectivity index is 1.25. The molecular weight excluding hydrogens is 474 g/mol. The molecule has 1 fully saturated rings. The summed E-state index contributed by atoms with van der Waals surface area (Å²) in [5, 5.41) is 0. The second-order valence-electron chi connectivity index (χ2n) is 10.0. The number of carbonyl (C=O) groups excluding carboxylic acids is 1. The summed E-state index contributed by atoms with van der Waals surface area (Å²) in [4.78, 5) is 20.0. The quantitative estimate of drug-likeness (QED) is 0.197. The van der Waals surface area contributed by atoms with Crippen LogP contribution in [0, 0.1) is 0 Å². The molecule has 1 atom stereocenters. The number of methoxy groups -OCH3 is 1. The number of hydrogen-bond donors (Lipinski definition) is 0. The highest BCUT2D eigenvalue weighted by molar-refractivity contribution is 5.96. The van der Waals surface area contributed by atoms with Gasteiger partial charge in [0, 0.05) is 37.2 Å². The van der Waals surface area contributed by atoms with Crippen LogP contribution in [0.1, 0.15) is 56.3 Å². The molecule has 4 aromatic rings. The maximum Gasteiger partial charge on any atom is 0.227 e. The van der Waals surface area contributed by atoms with Crippen LogP contribution in [-0.4, -0.2) is 35.7 Å². The Morgan fingerprint density at radius 1 is 0.947 bits per heavy atom. The summed E-state index contributed by atoms with van der Waals surface area (Å²) in [6.45, 7) is 4.35. The smallest absolute Gasteiger partial charge is 0.227 e. The molecule has 0 aliphatic carbocycles. The number of aryl methyl sites for hydroxylation is 2. The Hall–Kier alpha value is -3.80. The van der Waals surface area contributed by atoms with E-state index in [9.17, 15) is 4.79 Å². The molecule has 0 N–H and O–H groups in total. The molecule has 5 rings (SSSR count). The number of anilines is 1. The van der Waals surface area contributed by atoms with Gasteiger partial charge in [-0.15, -0.1) is 0 Å². The normalized spacial score (nSPS) is 15.4. The van der Waals surface area contributed by atoms with Crippen LogP contribution in [-0.2, 0) is 17.8 Å². The fourth-order valence-corrected chi connectivity index (χ4v) is 5.25. The van der Waals surface area contributed by atoms with Gasteiger partial charge >= 0.3 is 0 Å². The number of rotatable bonds is 12. The van der Waals surface area contributed by atoms with E-state index in [1.165, 1.54) is 18.4 Å². The number of nitrogens with zero attached hydrogens (tertiary/aromatic N) is 3. The number of amides is 1. The van der Waals surface area contributed by atoms with E-state index in [0.717, 1.165) is 59.9 Å². The molecule has 38 heavy (non-hydrogen) atoms. The predicted molar refractivity (Wildman–Crippen MR) is 152 cm³/mol. The van der Waals surface area contributed by atoms with Crippen LogP contribution in [0.2, 0.25) is 0 Å². The lowest BCUT2D eigenvalue weighted by molar-refractivity contribution is -0.117. The summed E-state index contributed by atoms with van der Waals surface area (Å²) < 4.78 is 13.5. The van der Waals surface area contributed by atoms with Crippen molar-refractivity contribution in [2.24, 2.45) is 0 Å². The summed E-state index contributed by atoms with van der Waals surface area (Å²) in [7, 11) is 1.66. The van der Waals surface area contributed by atoms with Gasteiger partial charge in [-0.1, -0.05) is 43.7 Å². The SMILES string of the molecule is CCCCc1ccc(N2CC(c3nc4ccccc4n3CCCCOc3cccc(OC)c3)CC2=O)cc1. The van der Waals surface area contributed by atoms with Crippen molar-refractivity contribution in [1.82, 2.24) is 9.55 Å². The first-order valence-electron chi connectivity index (χ1n) is 13.8. The number of benzene rings is 3. The van der Waals surface area contributed by atoms with Crippen molar-refractivity contribution < 1.29 is 14.3 Å². The van der Waals surface area contributed by atoms with Gasteiger partial charge in [0.15, 0.2) is 0 Å². The Labute approximate surface area is 225 Å². The summed E-state index contributed by atoms with van der Waals surface area (Å²) in [5.41, 5.74) is 4.43. The summed E-state index contributed by atoms with van der Waals surface area (Å²) in [5.74, 6) is 2.87. The molecule has 0 spiro atoms. The number of carbonyl (C=O) groups is 1. The number of imidazole rings is 1. The fraction of sp³-hybridized carbons (Fsp3) is 0.375. The molecule has 2 heterocycles. The molecule has 0 radical (unpaired) electrons. The first kappa shape index (κ1) is 25.8. The van der Waals surface area contributed by atoms with Crippen LogP contribution in [0.25, 0.3) is 11.0 Å². The van der Waals surface area contributed by atoms with Crippen molar-refractivity contribution in [3.8, 4) is 11.5 Å². The van der Waals surface area contributed by atoms with Gasteiger partial charge in [-0.25, -0.2) is 4.98 Å². The van der Waals surface area contributed by atoms with Crippen molar-refractivity contribution in [3.05, 3.63) is 84.2 Å². The Kier molecular flexibility index (Phi) is 8.27. The highest BCUT2D eigenvalue weighted by atomic mass is 16.5. The molecule has 1 amide bonds. The Morgan fingerprint density at radius 3 is 2.58 bits per heavy atom. The molecule has 1 aromatic heterocycles. The van der Waals surface area contributed by atoms with E-state index < -0.39 is 0 Å². The maximum absolute atomic E-state index is 13.1. The third-order valence-electron chi connectivity index (χ3n) is 7.33. The molecule has 1 aliphatic heterocycles. The third kappa shape index (κ3) is 5.85. The van der Waals surface area contributed by atoms with Gasteiger partial charge in [0.25, 0.3) is 0 Å². The molecule has 3 aromatic carbocycles. The van der Waals surface area contributed by atoms with Gasteiger partial charge in [-0.2, -0.15) is 0 Å². The summed E-state index contributed by atoms with van der Waals surface area (Å²) in [6.07, 6.45) is 5.82. The topological polar surface area (TPSA) is 56.6 Å². The van der Waals surface area contributed by atoms with Gasteiger partial charge in [-0.3, -0.25) is 4.79 Å². The standard InChI is InChI=1S/C32H37N3O3/c1-3-4-10-24-15-17-26(18-16-24)35-23-25(21-31(35)36)32-33-29-13-5-6-14-30(29)34(32)19-7-8-20-38-28-12-9-11-27(22-28)37-2/h5-6,9,11-18,22,25H,3-4,7-8,10,19-21,23H2,1-2H3. The molecule has 0 bridgehead atoms. The zero-order valence-corrected chi connectivity index (χ0v) is 22.4. The van der Waals surface area contributed by atoms with Crippen molar-refractivity contribution in [3.63, 3.8) is 0 Å². The number of para-hydroxylation sites is 2. The van der Waals surface area contributed by atoms with E-state index >= 15 is 0 Å². The lowest BCUT2D eigenvalue weighted by Crippen LogP contribution is -2.24. The third-order valence-corrected chi connectivity index (χ3v) is 7.33. The van der Waals surface area contributed by atoms with E-state index in [0.29, 0.717) is 19.6 Å². The minimum absolute atomic E-state index is 0.0719. The number of hydrogen-bond acceptors (Lipinski definition) is 4. The number of unbranched alkanes of at least 4 members (excludes halogenated alkanes) is 2. The second-order valence-corrected chi connectivity index (χ2v) is 10.0. The first-order valence-corrected chi connectivity index (χ1v) is 13.8. The average Bonchev–Trinajstić information content (AvgIpc) is 3.52. The summed E-state index contributed by atoms with van der Waals surface area (Å²) >= 11 is 0. The molecular formula is C32H37N3O3. The fourth-order valence-electron chi connectivity index (χ4n) is 5.25. The minimum Gasteiger partial charge on any atom is -0.497 e. The summed E-state index contributed by atoms with van der Waals surface area (Å²) in [6, 6.07) is 24.5. The lowest BCUT2D eigenvalue weighted by Gasteiger charge is -2.18. The van der Waals surface area contributed by atoms with Gasteiger partial charge in [0.05, 0.1) is 24.8 Å².